The predicted octanol–water partition coefficient (Wildman–Crippen LogP) is 2.25. The summed E-state index contributed by atoms with van der Waals surface area (Å²) in [5.41, 5.74) is 0.538. The Morgan fingerprint density at radius 1 is 1.40 bits per heavy atom. The van der Waals surface area contributed by atoms with Gasteiger partial charge in [-0.1, -0.05) is 20.8 Å². The van der Waals surface area contributed by atoms with Gasteiger partial charge < -0.3 is 10.2 Å². The summed E-state index contributed by atoms with van der Waals surface area (Å²) in [6.07, 6.45) is 5.54. The highest BCUT2D eigenvalue weighted by Gasteiger charge is 2.50. The molecule has 88 valence electrons. The average Bonchev–Trinajstić information content (AvgIpc) is 2.77. The molecule has 1 unspecified atom stereocenters. The quantitative estimate of drug-likeness (QED) is 0.749. The minimum atomic E-state index is 0.538. The molecule has 1 saturated carbocycles. The van der Waals surface area contributed by atoms with E-state index in [0.717, 1.165) is 5.92 Å². The first-order valence-electron chi connectivity index (χ1n) is 6.66. The van der Waals surface area contributed by atoms with E-state index in [1.807, 2.05) is 0 Å². The van der Waals surface area contributed by atoms with Crippen LogP contribution in [0.2, 0.25) is 0 Å². The van der Waals surface area contributed by atoms with Crippen molar-refractivity contribution in [2.45, 2.75) is 58.0 Å². The Bertz CT molecular complexity index is 209. The van der Waals surface area contributed by atoms with Crippen LogP contribution in [0.5, 0.6) is 0 Å². The Morgan fingerprint density at radius 2 is 2.13 bits per heavy atom. The highest BCUT2D eigenvalue weighted by molar-refractivity contribution is 5.09. The molecule has 0 aromatic carbocycles. The Kier molecular flexibility index (Phi) is 3.36. The van der Waals surface area contributed by atoms with Gasteiger partial charge in [-0.05, 0) is 44.7 Å². The molecule has 0 radical (unpaired) electrons. The van der Waals surface area contributed by atoms with E-state index in [1.165, 1.54) is 45.3 Å². The van der Waals surface area contributed by atoms with Crippen LogP contribution < -0.4 is 5.32 Å². The molecule has 0 amide bonds. The number of likely N-dealkylation sites (tertiary alicyclic amines) is 1. The SMILES string of the molecule is CCCN1CCC(C2(NC(C)C)CC2)C1. The molecule has 1 saturated heterocycles. The summed E-state index contributed by atoms with van der Waals surface area (Å²) in [6, 6.07) is 0.646. The van der Waals surface area contributed by atoms with Crippen molar-refractivity contribution < 1.29 is 0 Å². The fourth-order valence-corrected chi connectivity index (χ4v) is 3.18. The van der Waals surface area contributed by atoms with Crippen LogP contribution in [0.4, 0.5) is 0 Å². The first-order chi connectivity index (χ1) is 7.16. The fraction of sp³-hybridized carbons (Fsp3) is 1.00. The van der Waals surface area contributed by atoms with Crippen LogP contribution in [0, 0.1) is 5.92 Å². The number of nitrogens with one attached hydrogen (secondary N) is 1. The van der Waals surface area contributed by atoms with E-state index in [-0.39, 0.29) is 0 Å². The normalized spacial score (nSPS) is 30.0. The standard InChI is InChI=1S/C13H26N2/c1-4-8-15-9-5-12(10-15)13(6-7-13)14-11(2)3/h11-12,14H,4-10H2,1-3H3. The molecule has 0 aromatic rings. The molecule has 0 aromatic heterocycles. The molecule has 1 heterocycles. The Morgan fingerprint density at radius 3 is 2.67 bits per heavy atom. The van der Waals surface area contributed by atoms with Gasteiger partial charge in [0.05, 0.1) is 0 Å². The number of hydrogen-bond donors (Lipinski definition) is 1. The molecule has 2 heteroatoms. The van der Waals surface area contributed by atoms with Crippen LogP contribution in [0.15, 0.2) is 0 Å². The summed E-state index contributed by atoms with van der Waals surface area (Å²) < 4.78 is 0. The Labute approximate surface area is 94.4 Å². The summed E-state index contributed by atoms with van der Waals surface area (Å²) in [4.78, 5) is 2.65. The monoisotopic (exact) mass is 210 g/mol. The van der Waals surface area contributed by atoms with Gasteiger partial charge in [0.1, 0.15) is 0 Å². The molecular weight excluding hydrogens is 184 g/mol. The molecule has 0 spiro atoms. The minimum absolute atomic E-state index is 0.538. The first kappa shape index (κ1) is 11.4. The number of rotatable bonds is 5. The number of nitrogens with zero attached hydrogens (tertiary/aromatic N) is 1. The van der Waals surface area contributed by atoms with E-state index >= 15 is 0 Å². The van der Waals surface area contributed by atoms with E-state index in [9.17, 15) is 0 Å². The third-order valence-electron chi connectivity index (χ3n) is 3.96. The van der Waals surface area contributed by atoms with Gasteiger partial charge in [-0.25, -0.2) is 0 Å². The van der Waals surface area contributed by atoms with Crippen LogP contribution in [0.1, 0.15) is 46.5 Å². The van der Waals surface area contributed by atoms with Gasteiger partial charge >= 0.3 is 0 Å². The Hall–Kier alpha value is -0.0800. The lowest BCUT2D eigenvalue weighted by molar-refractivity contribution is 0.279. The van der Waals surface area contributed by atoms with Crippen LogP contribution in [-0.2, 0) is 0 Å². The smallest absolute Gasteiger partial charge is 0.0226 e. The molecule has 0 bridgehead atoms. The third-order valence-corrected chi connectivity index (χ3v) is 3.96. The average molecular weight is 210 g/mol. The van der Waals surface area contributed by atoms with Crippen molar-refractivity contribution in [1.29, 1.82) is 0 Å². The maximum absolute atomic E-state index is 3.81. The zero-order valence-corrected chi connectivity index (χ0v) is 10.6. The zero-order chi connectivity index (χ0) is 10.9. The van der Waals surface area contributed by atoms with Crippen molar-refractivity contribution in [1.82, 2.24) is 10.2 Å². The molecule has 1 atom stereocenters. The minimum Gasteiger partial charge on any atom is -0.309 e. The topological polar surface area (TPSA) is 15.3 Å². The second-order valence-corrected chi connectivity index (χ2v) is 5.74. The molecule has 2 nitrogen and oxygen atoms in total. The van der Waals surface area contributed by atoms with E-state index in [0.29, 0.717) is 11.6 Å². The lowest BCUT2D eigenvalue weighted by Gasteiger charge is -2.27. The molecule has 1 aliphatic heterocycles. The van der Waals surface area contributed by atoms with Crippen LogP contribution in [-0.4, -0.2) is 36.1 Å². The zero-order valence-electron chi connectivity index (χ0n) is 10.6. The van der Waals surface area contributed by atoms with Crippen molar-refractivity contribution in [3.8, 4) is 0 Å². The van der Waals surface area contributed by atoms with Gasteiger partial charge in [-0.2, -0.15) is 0 Å². The highest BCUT2D eigenvalue weighted by atomic mass is 15.2. The van der Waals surface area contributed by atoms with Crippen molar-refractivity contribution in [3.05, 3.63) is 0 Å². The summed E-state index contributed by atoms with van der Waals surface area (Å²) in [7, 11) is 0. The maximum Gasteiger partial charge on any atom is 0.0226 e. The van der Waals surface area contributed by atoms with Gasteiger partial charge in [0.2, 0.25) is 0 Å². The second-order valence-electron chi connectivity index (χ2n) is 5.74. The second kappa shape index (κ2) is 4.42. The summed E-state index contributed by atoms with van der Waals surface area (Å²) in [6.45, 7) is 10.8. The number of hydrogen-bond acceptors (Lipinski definition) is 2. The maximum atomic E-state index is 3.81. The summed E-state index contributed by atoms with van der Waals surface area (Å²) >= 11 is 0. The lowest BCUT2D eigenvalue weighted by Crippen LogP contribution is -2.43. The van der Waals surface area contributed by atoms with E-state index in [4.69, 9.17) is 0 Å². The van der Waals surface area contributed by atoms with Crippen molar-refractivity contribution in [2.75, 3.05) is 19.6 Å². The van der Waals surface area contributed by atoms with Crippen LogP contribution in [0.3, 0.4) is 0 Å². The van der Waals surface area contributed by atoms with Gasteiger partial charge in [0.15, 0.2) is 0 Å². The van der Waals surface area contributed by atoms with Crippen molar-refractivity contribution in [2.24, 2.45) is 5.92 Å². The molecular formula is C13H26N2. The summed E-state index contributed by atoms with van der Waals surface area (Å²) in [5.74, 6) is 0.923. The molecule has 2 aliphatic rings. The van der Waals surface area contributed by atoms with E-state index < -0.39 is 0 Å². The predicted molar refractivity (Wildman–Crippen MR) is 65.1 cm³/mol. The summed E-state index contributed by atoms with van der Waals surface area (Å²) in [5, 5.41) is 3.81. The van der Waals surface area contributed by atoms with Gasteiger partial charge in [0.25, 0.3) is 0 Å². The van der Waals surface area contributed by atoms with Crippen LogP contribution >= 0.6 is 0 Å². The third kappa shape index (κ3) is 2.54. The van der Waals surface area contributed by atoms with E-state index in [2.05, 4.69) is 31.0 Å². The molecule has 2 rings (SSSR count). The van der Waals surface area contributed by atoms with Gasteiger partial charge in [-0.3, -0.25) is 0 Å². The molecule has 2 fully saturated rings. The van der Waals surface area contributed by atoms with Crippen molar-refractivity contribution in [3.63, 3.8) is 0 Å². The van der Waals surface area contributed by atoms with E-state index in [1.54, 1.807) is 0 Å². The van der Waals surface area contributed by atoms with Gasteiger partial charge in [-0.15, -0.1) is 0 Å². The lowest BCUT2D eigenvalue weighted by atomic mass is 9.95. The van der Waals surface area contributed by atoms with Crippen molar-refractivity contribution >= 4 is 0 Å². The highest BCUT2D eigenvalue weighted by Crippen LogP contribution is 2.46. The molecule has 1 aliphatic carbocycles. The molecule has 15 heavy (non-hydrogen) atoms. The molecule has 1 N–H and O–H groups in total. The Balaban J connectivity index is 1.85. The fourth-order valence-electron chi connectivity index (χ4n) is 3.18. The largest absolute Gasteiger partial charge is 0.309 e. The van der Waals surface area contributed by atoms with Crippen LogP contribution in [0.25, 0.3) is 0 Å². The van der Waals surface area contributed by atoms with Gasteiger partial charge in [0, 0.05) is 18.1 Å². The first-order valence-corrected chi connectivity index (χ1v) is 6.66.